The minimum absolute atomic E-state index is 0.0646. The Morgan fingerprint density at radius 3 is 2.59 bits per heavy atom. The van der Waals surface area contributed by atoms with Crippen LogP contribution in [0.4, 0.5) is 0 Å². The number of amides is 1. The van der Waals surface area contributed by atoms with Crippen molar-refractivity contribution in [3.63, 3.8) is 0 Å². The number of nitrogens with zero attached hydrogens (tertiary/aromatic N) is 4. The van der Waals surface area contributed by atoms with Crippen LogP contribution in [0.3, 0.4) is 0 Å². The molecule has 34 heavy (non-hydrogen) atoms. The SMILES string of the molecule is Cc1cc(/C=C2\C(=N)N3N=C(Cc4cccs4)SC3=NC2=O)c(C)n1-c1ccc(C(C)C)cc1. The van der Waals surface area contributed by atoms with Crippen LogP contribution in [0.1, 0.15) is 47.2 Å². The molecule has 2 aliphatic rings. The number of aryl methyl sites for hydroxylation is 1. The van der Waals surface area contributed by atoms with Crippen molar-refractivity contribution >= 4 is 51.1 Å². The third kappa shape index (κ3) is 4.08. The van der Waals surface area contributed by atoms with Crippen molar-refractivity contribution in [2.45, 2.75) is 40.0 Å². The van der Waals surface area contributed by atoms with Crippen LogP contribution >= 0.6 is 23.1 Å². The van der Waals surface area contributed by atoms with Gasteiger partial charge in [0.2, 0.25) is 5.17 Å². The fourth-order valence-electron chi connectivity index (χ4n) is 4.16. The highest BCUT2D eigenvalue weighted by molar-refractivity contribution is 8.27. The van der Waals surface area contributed by atoms with Gasteiger partial charge in [0.15, 0.2) is 5.84 Å². The summed E-state index contributed by atoms with van der Waals surface area (Å²) in [6.45, 7) is 8.45. The van der Waals surface area contributed by atoms with Gasteiger partial charge >= 0.3 is 0 Å². The van der Waals surface area contributed by atoms with Gasteiger partial charge < -0.3 is 4.57 Å². The molecule has 6 nitrogen and oxygen atoms in total. The van der Waals surface area contributed by atoms with Crippen LogP contribution in [-0.2, 0) is 11.2 Å². The zero-order valence-electron chi connectivity index (χ0n) is 19.5. The van der Waals surface area contributed by atoms with Crippen molar-refractivity contribution in [1.29, 1.82) is 5.41 Å². The van der Waals surface area contributed by atoms with Crippen LogP contribution in [0.5, 0.6) is 0 Å². The number of hydrogen-bond donors (Lipinski definition) is 1. The van der Waals surface area contributed by atoms with E-state index in [-0.39, 0.29) is 11.4 Å². The standard InChI is InChI=1S/C26H25N5OS2/c1-15(2)18-7-9-20(10-8-18)30-16(3)12-19(17(30)4)13-22-24(27)31-26(28-25(22)32)34-23(29-31)14-21-6-5-11-33-21/h5-13,15,27H,14H2,1-4H3/b22-13+,27-24?. The molecule has 0 spiro atoms. The Hall–Kier alpha value is -3.23. The topological polar surface area (TPSA) is 73.8 Å². The van der Waals surface area contributed by atoms with Crippen LogP contribution < -0.4 is 0 Å². The Morgan fingerprint density at radius 1 is 1.15 bits per heavy atom. The van der Waals surface area contributed by atoms with Gasteiger partial charge in [0.25, 0.3) is 5.91 Å². The fraction of sp³-hybridized carbons (Fsp3) is 0.231. The number of rotatable bonds is 5. The maximum atomic E-state index is 12.9. The van der Waals surface area contributed by atoms with Gasteiger partial charge in [0.1, 0.15) is 5.04 Å². The number of aliphatic imine (C=N–C) groups is 1. The lowest BCUT2D eigenvalue weighted by atomic mass is 10.0. The first-order valence-corrected chi connectivity index (χ1v) is 12.8. The molecule has 0 atom stereocenters. The van der Waals surface area contributed by atoms with Crippen molar-refractivity contribution in [1.82, 2.24) is 9.58 Å². The predicted octanol–water partition coefficient (Wildman–Crippen LogP) is 6.14. The minimum atomic E-state index is -0.401. The van der Waals surface area contributed by atoms with Crippen molar-refractivity contribution < 1.29 is 4.79 Å². The average molecular weight is 488 g/mol. The molecular weight excluding hydrogens is 462 g/mol. The first-order chi connectivity index (χ1) is 16.3. The van der Waals surface area contributed by atoms with Crippen LogP contribution in [0.2, 0.25) is 0 Å². The molecule has 0 radical (unpaired) electrons. The van der Waals surface area contributed by atoms with E-state index in [0.717, 1.165) is 27.7 Å². The summed E-state index contributed by atoms with van der Waals surface area (Å²) in [4.78, 5) is 18.3. The summed E-state index contributed by atoms with van der Waals surface area (Å²) in [5.41, 5.74) is 5.59. The summed E-state index contributed by atoms with van der Waals surface area (Å²) in [5.74, 6) is 0.143. The summed E-state index contributed by atoms with van der Waals surface area (Å²) < 4.78 is 2.17. The number of carbonyl (C=O) groups excluding carboxylic acids is 1. The second-order valence-corrected chi connectivity index (χ2v) is 10.8. The number of fused-ring (bicyclic) bond motifs is 1. The van der Waals surface area contributed by atoms with Crippen molar-refractivity contribution in [2.24, 2.45) is 10.1 Å². The lowest BCUT2D eigenvalue weighted by Gasteiger charge is -2.20. The second-order valence-electron chi connectivity index (χ2n) is 8.68. The molecule has 0 saturated carbocycles. The molecule has 2 aliphatic heterocycles. The number of amidine groups is 2. The smallest absolute Gasteiger partial charge is 0.283 e. The molecule has 8 heteroatoms. The van der Waals surface area contributed by atoms with Gasteiger partial charge in [-0.15, -0.1) is 11.3 Å². The Kier molecular flexibility index (Phi) is 5.87. The molecular formula is C26H25N5OS2. The largest absolute Gasteiger partial charge is 0.318 e. The van der Waals surface area contributed by atoms with E-state index in [2.05, 4.69) is 58.8 Å². The Balaban J connectivity index is 1.45. The average Bonchev–Trinajstić information content (AvgIpc) is 3.52. The number of carbonyl (C=O) groups is 1. The molecule has 1 aromatic carbocycles. The monoisotopic (exact) mass is 487 g/mol. The molecule has 1 amide bonds. The number of thioether (sulfide) groups is 1. The van der Waals surface area contributed by atoms with Gasteiger partial charge in [0, 0.05) is 28.4 Å². The molecule has 0 saturated heterocycles. The molecule has 0 aliphatic carbocycles. The summed E-state index contributed by atoms with van der Waals surface area (Å²) >= 11 is 3.02. The molecule has 3 aromatic rings. The Morgan fingerprint density at radius 2 is 1.91 bits per heavy atom. The minimum Gasteiger partial charge on any atom is -0.318 e. The number of hydrazone groups is 1. The molecule has 172 valence electrons. The highest BCUT2D eigenvalue weighted by atomic mass is 32.2. The van der Waals surface area contributed by atoms with Gasteiger partial charge in [-0.1, -0.05) is 32.0 Å². The first kappa shape index (κ1) is 22.6. The first-order valence-electron chi connectivity index (χ1n) is 11.1. The number of aromatic nitrogens is 1. The van der Waals surface area contributed by atoms with E-state index >= 15 is 0 Å². The zero-order valence-corrected chi connectivity index (χ0v) is 21.1. The fourth-order valence-corrected chi connectivity index (χ4v) is 5.87. The molecule has 1 N–H and O–H groups in total. The van der Waals surface area contributed by atoms with E-state index < -0.39 is 5.91 Å². The maximum absolute atomic E-state index is 12.9. The number of nitrogens with one attached hydrogen (secondary N) is 1. The van der Waals surface area contributed by atoms with Gasteiger partial charge in [-0.3, -0.25) is 10.2 Å². The van der Waals surface area contributed by atoms with Crippen molar-refractivity contribution in [3.8, 4) is 5.69 Å². The Bertz CT molecular complexity index is 1380. The summed E-state index contributed by atoms with van der Waals surface area (Å²) in [6, 6.07) is 14.7. The third-order valence-electron chi connectivity index (χ3n) is 5.99. The number of thiophene rings is 1. The van der Waals surface area contributed by atoms with Crippen LogP contribution in [0, 0.1) is 19.3 Å². The van der Waals surface area contributed by atoms with E-state index in [9.17, 15) is 4.79 Å². The van der Waals surface area contributed by atoms with Crippen molar-refractivity contribution in [2.75, 3.05) is 0 Å². The molecule has 0 fully saturated rings. The van der Waals surface area contributed by atoms with Gasteiger partial charge in [-0.05, 0) is 78.4 Å². The summed E-state index contributed by atoms with van der Waals surface area (Å²) in [5, 5.41) is 18.1. The van der Waals surface area contributed by atoms with Gasteiger partial charge in [-0.25, -0.2) is 0 Å². The maximum Gasteiger partial charge on any atom is 0.283 e. The second kappa shape index (κ2) is 8.85. The van der Waals surface area contributed by atoms with Crippen LogP contribution in [0.25, 0.3) is 11.8 Å². The third-order valence-corrected chi connectivity index (χ3v) is 7.77. The van der Waals surface area contributed by atoms with Gasteiger partial charge in [0.05, 0.1) is 5.57 Å². The lowest BCUT2D eigenvalue weighted by molar-refractivity contribution is -0.114. The zero-order chi connectivity index (χ0) is 24.0. The summed E-state index contributed by atoms with van der Waals surface area (Å²) in [6.07, 6.45) is 2.44. The van der Waals surface area contributed by atoms with E-state index in [1.807, 2.05) is 31.4 Å². The van der Waals surface area contributed by atoms with E-state index in [0.29, 0.717) is 17.5 Å². The van der Waals surface area contributed by atoms with Crippen LogP contribution in [0.15, 0.2) is 63.5 Å². The molecule has 2 aromatic heterocycles. The molecule has 0 bridgehead atoms. The Labute approximate surface area is 207 Å². The number of benzene rings is 1. The highest BCUT2D eigenvalue weighted by Crippen LogP contribution is 2.31. The highest BCUT2D eigenvalue weighted by Gasteiger charge is 2.35. The van der Waals surface area contributed by atoms with E-state index in [4.69, 9.17) is 5.41 Å². The normalized spacial score (nSPS) is 17.0. The van der Waals surface area contributed by atoms with E-state index in [1.165, 1.54) is 27.2 Å². The van der Waals surface area contributed by atoms with Gasteiger partial charge in [-0.2, -0.15) is 15.1 Å². The molecule has 4 heterocycles. The van der Waals surface area contributed by atoms with Crippen LogP contribution in [-0.4, -0.2) is 31.5 Å². The van der Waals surface area contributed by atoms with E-state index in [1.54, 1.807) is 17.4 Å². The van der Waals surface area contributed by atoms with Crippen molar-refractivity contribution in [3.05, 3.63) is 80.8 Å². The molecule has 0 unspecified atom stereocenters. The quantitative estimate of drug-likeness (QED) is 0.439. The number of hydrogen-bond acceptors (Lipinski definition) is 5. The summed E-state index contributed by atoms with van der Waals surface area (Å²) in [7, 11) is 0. The lowest BCUT2D eigenvalue weighted by Crippen LogP contribution is -2.35. The predicted molar refractivity (Wildman–Crippen MR) is 142 cm³/mol. The molecule has 5 rings (SSSR count).